The van der Waals surface area contributed by atoms with Crippen LogP contribution in [0.15, 0.2) is 60.8 Å². The van der Waals surface area contributed by atoms with Crippen LogP contribution < -0.4 is 4.74 Å². The number of ether oxygens (including phenoxy) is 1. The zero-order valence-electron chi connectivity index (χ0n) is 11.9. The number of carbonyl (C=O) groups is 1. The quantitative estimate of drug-likeness (QED) is 0.802. The predicted molar refractivity (Wildman–Crippen MR) is 82.5 cm³/mol. The summed E-state index contributed by atoms with van der Waals surface area (Å²) in [6, 6.07) is 16.1. The SMILES string of the molecule is COc1cccc(-n2ccc(-c3cccc(C(=O)O)c3)n2)c1. The Hall–Kier alpha value is -3.08. The third-order valence-corrected chi connectivity index (χ3v) is 3.31. The van der Waals surface area contributed by atoms with Crippen LogP contribution in [-0.2, 0) is 0 Å². The molecule has 5 nitrogen and oxygen atoms in total. The second kappa shape index (κ2) is 5.73. The lowest BCUT2D eigenvalue weighted by molar-refractivity contribution is 0.0697. The van der Waals surface area contributed by atoms with Crippen molar-refractivity contribution in [1.29, 1.82) is 0 Å². The summed E-state index contributed by atoms with van der Waals surface area (Å²) in [6.07, 6.45) is 1.83. The largest absolute Gasteiger partial charge is 0.497 e. The van der Waals surface area contributed by atoms with Gasteiger partial charge in [0.1, 0.15) is 5.75 Å². The third kappa shape index (κ3) is 2.69. The first kappa shape index (κ1) is 13.9. The molecule has 1 N–H and O–H groups in total. The summed E-state index contributed by atoms with van der Waals surface area (Å²) in [5.74, 6) is -0.198. The first-order valence-electron chi connectivity index (χ1n) is 6.71. The molecule has 0 unspecified atom stereocenters. The molecule has 0 saturated carbocycles. The fourth-order valence-electron chi connectivity index (χ4n) is 2.19. The molecule has 22 heavy (non-hydrogen) atoms. The summed E-state index contributed by atoms with van der Waals surface area (Å²) in [7, 11) is 1.62. The minimum Gasteiger partial charge on any atom is -0.497 e. The molecule has 0 saturated heterocycles. The van der Waals surface area contributed by atoms with E-state index < -0.39 is 5.97 Å². The highest BCUT2D eigenvalue weighted by Crippen LogP contribution is 2.21. The van der Waals surface area contributed by atoms with Crippen LogP contribution in [0.25, 0.3) is 16.9 Å². The van der Waals surface area contributed by atoms with Crippen LogP contribution in [0.3, 0.4) is 0 Å². The molecule has 0 fully saturated rings. The summed E-state index contributed by atoms with van der Waals surface area (Å²) in [5, 5.41) is 13.6. The Balaban J connectivity index is 1.96. The maximum atomic E-state index is 11.0. The molecule has 110 valence electrons. The molecule has 0 spiro atoms. The van der Waals surface area contributed by atoms with Crippen molar-refractivity contribution < 1.29 is 14.6 Å². The van der Waals surface area contributed by atoms with Crippen molar-refractivity contribution in [1.82, 2.24) is 9.78 Å². The van der Waals surface area contributed by atoms with Gasteiger partial charge < -0.3 is 9.84 Å². The highest BCUT2D eigenvalue weighted by Gasteiger charge is 2.08. The summed E-state index contributed by atoms with van der Waals surface area (Å²) in [5.41, 5.74) is 2.60. The number of methoxy groups -OCH3 is 1. The lowest BCUT2D eigenvalue weighted by Gasteiger charge is -2.04. The Bertz CT molecular complexity index is 824. The lowest BCUT2D eigenvalue weighted by Crippen LogP contribution is -1.97. The molecular weight excluding hydrogens is 280 g/mol. The van der Waals surface area contributed by atoms with Crippen molar-refractivity contribution in [2.45, 2.75) is 0 Å². The molecule has 0 aliphatic carbocycles. The number of aromatic nitrogens is 2. The average molecular weight is 294 g/mol. The van der Waals surface area contributed by atoms with Gasteiger partial charge in [-0.3, -0.25) is 0 Å². The minimum absolute atomic E-state index is 0.244. The smallest absolute Gasteiger partial charge is 0.335 e. The molecule has 0 aliphatic rings. The van der Waals surface area contributed by atoms with Crippen molar-refractivity contribution in [3.05, 3.63) is 66.4 Å². The normalized spacial score (nSPS) is 10.4. The molecule has 3 rings (SSSR count). The van der Waals surface area contributed by atoms with Crippen LogP contribution in [0.1, 0.15) is 10.4 Å². The second-order valence-electron chi connectivity index (χ2n) is 4.73. The van der Waals surface area contributed by atoms with E-state index in [9.17, 15) is 4.79 Å². The van der Waals surface area contributed by atoms with Gasteiger partial charge in [0.05, 0.1) is 24.1 Å². The average Bonchev–Trinajstić information content (AvgIpc) is 3.05. The Kier molecular flexibility index (Phi) is 3.62. The summed E-state index contributed by atoms with van der Waals surface area (Å²) in [4.78, 5) is 11.0. The molecule has 1 aromatic heterocycles. The number of carboxylic acid groups (broad SMARTS) is 1. The first-order valence-corrected chi connectivity index (χ1v) is 6.71. The number of benzene rings is 2. The Morgan fingerprint density at radius 1 is 1.14 bits per heavy atom. The van der Waals surface area contributed by atoms with Crippen LogP contribution in [0.5, 0.6) is 5.75 Å². The molecular formula is C17H14N2O3. The van der Waals surface area contributed by atoms with Gasteiger partial charge in [-0.15, -0.1) is 0 Å². The van der Waals surface area contributed by atoms with Gasteiger partial charge >= 0.3 is 5.97 Å². The van der Waals surface area contributed by atoms with Gasteiger partial charge in [0.2, 0.25) is 0 Å². The van der Waals surface area contributed by atoms with Gasteiger partial charge in [0.15, 0.2) is 0 Å². The molecule has 0 radical (unpaired) electrons. The lowest BCUT2D eigenvalue weighted by atomic mass is 10.1. The van der Waals surface area contributed by atoms with Crippen LogP contribution in [0, 0.1) is 0 Å². The number of rotatable bonds is 4. The highest BCUT2D eigenvalue weighted by molar-refractivity contribution is 5.89. The third-order valence-electron chi connectivity index (χ3n) is 3.31. The van der Waals surface area contributed by atoms with Crippen LogP contribution in [0.2, 0.25) is 0 Å². The van der Waals surface area contributed by atoms with E-state index in [1.165, 1.54) is 0 Å². The van der Waals surface area contributed by atoms with Crippen molar-refractivity contribution in [2.24, 2.45) is 0 Å². The summed E-state index contributed by atoms with van der Waals surface area (Å²) >= 11 is 0. The Morgan fingerprint density at radius 3 is 2.73 bits per heavy atom. The Morgan fingerprint density at radius 2 is 1.95 bits per heavy atom. The number of carboxylic acids is 1. The first-order chi connectivity index (χ1) is 10.7. The maximum Gasteiger partial charge on any atom is 0.335 e. The summed E-state index contributed by atoms with van der Waals surface area (Å²) < 4.78 is 6.93. The van der Waals surface area contributed by atoms with E-state index >= 15 is 0 Å². The van der Waals surface area contributed by atoms with E-state index in [1.54, 1.807) is 30.0 Å². The van der Waals surface area contributed by atoms with Gasteiger partial charge in [-0.1, -0.05) is 18.2 Å². The zero-order valence-corrected chi connectivity index (χ0v) is 11.9. The van der Waals surface area contributed by atoms with Gasteiger partial charge in [0.25, 0.3) is 0 Å². The predicted octanol–water partition coefficient (Wildman–Crippen LogP) is 3.25. The van der Waals surface area contributed by atoms with Crippen LogP contribution in [-0.4, -0.2) is 28.0 Å². The zero-order chi connectivity index (χ0) is 15.5. The molecule has 3 aromatic rings. The topological polar surface area (TPSA) is 64.3 Å². The van der Waals surface area contributed by atoms with Crippen molar-refractivity contribution in [3.63, 3.8) is 0 Å². The van der Waals surface area contributed by atoms with E-state index in [0.717, 1.165) is 17.0 Å². The fraction of sp³-hybridized carbons (Fsp3) is 0.0588. The van der Waals surface area contributed by atoms with Gasteiger partial charge in [-0.05, 0) is 30.3 Å². The number of nitrogens with zero attached hydrogens (tertiary/aromatic N) is 2. The van der Waals surface area contributed by atoms with E-state index in [4.69, 9.17) is 9.84 Å². The second-order valence-corrected chi connectivity index (χ2v) is 4.73. The van der Waals surface area contributed by atoms with Gasteiger partial charge in [-0.2, -0.15) is 5.10 Å². The maximum absolute atomic E-state index is 11.0. The van der Waals surface area contributed by atoms with E-state index in [2.05, 4.69) is 5.10 Å². The van der Waals surface area contributed by atoms with Crippen molar-refractivity contribution in [3.8, 4) is 22.7 Å². The standard InChI is InChI=1S/C17H14N2O3/c1-22-15-7-3-6-14(11-15)19-9-8-16(18-19)12-4-2-5-13(10-12)17(20)21/h2-11H,1H3,(H,20,21). The molecule has 0 amide bonds. The fourth-order valence-corrected chi connectivity index (χ4v) is 2.19. The highest BCUT2D eigenvalue weighted by atomic mass is 16.5. The summed E-state index contributed by atoms with van der Waals surface area (Å²) in [6.45, 7) is 0. The molecule has 0 aliphatic heterocycles. The van der Waals surface area contributed by atoms with Crippen LogP contribution >= 0.6 is 0 Å². The number of hydrogen-bond donors (Lipinski definition) is 1. The molecule has 5 heteroatoms. The number of hydrogen-bond acceptors (Lipinski definition) is 3. The van der Waals surface area contributed by atoms with Gasteiger partial charge in [-0.25, -0.2) is 9.48 Å². The van der Waals surface area contributed by atoms with E-state index in [0.29, 0.717) is 5.69 Å². The number of aromatic carboxylic acids is 1. The molecule has 1 heterocycles. The molecule has 2 aromatic carbocycles. The molecule has 0 atom stereocenters. The van der Waals surface area contributed by atoms with E-state index in [1.807, 2.05) is 42.6 Å². The minimum atomic E-state index is -0.950. The van der Waals surface area contributed by atoms with Crippen LogP contribution in [0.4, 0.5) is 0 Å². The Labute approximate surface area is 127 Å². The van der Waals surface area contributed by atoms with E-state index in [-0.39, 0.29) is 5.56 Å². The van der Waals surface area contributed by atoms with Crippen molar-refractivity contribution in [2.75, 3.05) is 7.11 Å². The molecule has 0 bridgehead atoms. The van der Waals surface area contributed by atoms with Gasteiger partial charge in [0, 0.05) is 17.8 Å². The van der Waals surface area contributed by atoms with Crippen molar-refractivity contribution >= 4 is 5.97 Å². The monoisotopic (exact) mass is 294 g/mol.